The summed E-state index contributed by atoms with van der Waals surface area (Å²) in [5.74, 6) is 2.29. The molecule has 0 nitrogen and oxygen atoms in total. The third-order valence-corrected chi connectivity index (χ3v) is 8.19. The van der Waals surface area contributed by atoms with Crippen LogP contribution >= 0.6 is 0 Å². The zero-order valence-corrected chi connectivity index (χ0v) is 20.5. The summed E-state index contributed by atoms with van der Waals surface area (Å²) in [7, 11) is 0. The molecule has 3 aliphatic carbocycles. The van der Waals surface area contributed by atoms with Crippen LogP contribution in [-0.4, -0.2) is 0 Å². The Labute approximate surface area is 206 Å². The number of benzene rings is 2. The fourth-order valence-corrected chi connectivity index (χ4v) is 6.16. The Morgan fingerprint density at radius 1 is 0.912 bits per heavy atom. The van der Waals surface area contributed by atoms with Gasteiger partial charge in [-0.2, -0.15) is 0 Å². The monoisotopic (exact) mass is 446 g/mol. The average Bonchev–Trinajstić information content (AvgIpc) is 3.53. The lowest BCUT2D eigenvalue weighted by Gasteiger charge is -2.29. The van der Waals surface area contributed by atoms with Crippen molar-refractivity contribution in [1.29, 1.82) is 0 Å². The first-order chi connectivity index (χ1) is 16.8. The first kappa shape index (κ1) is 22.9. The van der Waals surface area contributed by atoms with Crippen molar-refractivity contribution in [2.75, 3.05) is 0 Å². The highest BCUT2D eigenvalue weighted by atomic mass is 14.3. The van der Waals surface area contributed by atoms with E-state index in [1.54, 1.807) is 11.1 Å². The molecule has 5 rings (SSSR count). The van der Waals surface area contributed by atoms with Crippen LogP contribution < -0.4 is 0 Å². The van der Waals surface area contributed by atoms with Gasteiger partial charge < -0.3 is 0 Å². The summed E-state index contributed by atoms with van der Waals surface area (Å²) in [5, 5.41) is 0. The van der Waals surface area contributed by atoms with Crippen molar-refractivity contribution >= 4 is 12.2 Å². The standard InChI is InChI=1S/C34H38/c1-26(30-14-5-6-15-30)18-23-34-32(25-31-16-7-8-17-33(31)34)24-29-21-19-28(20-22-29)13-9-12-27-10-3-2-4-11-27/h2-12,14,16-17,25,28-29,34H,1,13,15,18-24H2/b12-9+. The van der Waals surface area contributed by atoms with Crippen LogP contribution in [0, 0.1) is 11.8 Å². The first-order valence-corrected chi connectivity index (χ1v) is 13.3. The molecule has 1 saturated carbocycles. The van der Waals surface area contributed by atoms with Crippen molar-refractivity contribution in [3.8, 4) is 0 Å². The van der Waals surface area contributed by atoms with Crippen molar-refractivity contribution in [3.05, 3.63) is 119 Å². The molecule has 0 amide bonds. The lowest BCUT2D eigenvalue weighted by molar-refractivity contribution is 0.273. The molecule has 0 aliphatic heterocycles. The highest BCUT2D eigenvalue weighted by Crippen LogP contribution is 2.45. The summed E-state index contributed by atoms with van der Waals surface area (Å²) in [4.78, 5) is 0. The fraction of sp³-hybridized carbons (Fsp3) is 0.353. The van der Waals surface area contributed by atoms with Crippen LogP contribution in [0.5, 0.6) is 0 Å². The lowest BCUT2D eigenvalue weighted by Crippen LogP contribution is -2.15. The summed E-state index contributed by atoms with van der Waals surface area (Å²) in [6, 6.07) is 19.8. The topological polar surface area (TPSA) is 0 Å². The third kappa shape index (κ3) is 5.61. The predicted molar refractivity (Wildman–Crippen MR) is 148 cm³/mol. The summed E-state index contributed by atoms with van der Waals surface area (Å²) in [6.45, 7) is 4.41. The molecule has 0 saturated heterocycles. The van der Waals surface area contributed by atoms with E-state index in [-0.39, 0.29) is 0 Å². The molecule has 0 bridgehead atoms. The Balaban J connectivity index is 1.15. The summed E-state index contributed by atoms with van der Waals surface area (Å²) in [6.07, 6.45) is 25.3. The summed E-state index contributed by atoms with van der Waals surface area (Å²) < 4.78 is 0. The van der Waals surface area contributed by atoms with Crippen LogP contribution in [0.25, 0.3) is 12.2 Å². The van der Waals surface area contributed by atoms with Gasteiger partial charge in [0, 0.05) is 5.92 Å². The second-order valence-corrected chi connectivity index (χ2v) is 10.5. The van der Waals surface area contributed by atoms with Gasteiger partial charge in [-0.25, -0.2) is 0 Å². The molecule has 1 unspecified atom stereocenters. The van der Waals surface area contributed by atoms with Gasteiger partial charge in [-0.05, 0) is 91.9 Å². The molecule has 0 heteroatoms. The minimum atomic E-state index is 0.578. The van der Waals surface area contributed by atoms with E-state index in [1.165, 1.54) is 67.2 Å². The molecular weight excluding hydrogens is 408 g/mol. The maximum absolute atomic E-state index is 4.41. The van der Waals surface area contributed by atoms with Crippen molar-refractivity contribution in [3.63, 3.8) is 0 Å². The van der Waals surface area contributed by atoms with Crippen LogP contribution in [0.15, 0.2) is 102 Å². The van der Waals surface area contributed by atoms with E-state index in [0.29, 0.717) is 5.92 Å². The molecule has 0 N–H and O–H groups in total. The van der Waals surface area contributed by atoms with Gasteiger partial charge in [0.25, 0.3) is 0 Å². The van der Waals surface area contributed by atoms with Gasteiger partial charge in [0.2, 0.25) is 0 Å². The molecule has 174 valence electrons. The number of hydrogen-bond donors (Lipinski definition) is 0. The van der Waals surface area contributed by atoms with Crippen molar-refractivity contribution in [2.24, 2.45) is 11.8 Å². The maximum atomic E-state index is 4.41. The van der Waals surface area contributed by atoms with E-state index < -0.39 is 0 Å². The van der Waals surface area contributed by atoms with Gasteiger partial charge in [0.15, 0.2) is 0 Å². The smallest absolute Gasteiger partial charge is 0.00606 e. The number of allylic oxidation sites excluding steroid dienone is 7. The highest BCUT2D eigenvalue weighted by Gasteiger charge is 2.28. The third-order valence-electron chi connectivity index (χ3n) is 8.19. The minimum Gasteiger partial charge on any atom is -0.0955 e. The van der Waals surface area contributed by atoms with Gasteiger partial charge in [-0.3, -0.25) is 0 Å². The molecule has 34 heavy (non-hydrogen) atoms. The van der Waals surface area contributed by atoms with Crippen LogP contribution in [0.1, 0.15) is 80.4 Å². The zero-order valence-electron chi connectivity index (χ0n) is 20.5. The Morgan fingerprint density at radius 2 is 1.68 bits per heavy atom. The molecule has 1 fully saturated rings. The lowest BCUT2D eigenvalue weighted by atomic mass is 9.76. The Bertz CT molecular complexity index is 1100. The summed E-state index contributed by atoms with van der Waals surface area (Å²) >= 11 is 0. The highest BCUT2D eigenvalue weighted by molar-refractivity contribution is 5.66. The molecule has 2 aromatic carbocycles. The zero-order chi connectivity index (χ0) is 23.2. The Kier molecular flexibility index (Phi) is 7.44. The largest absolute Gasteiger partial charge is 0.0955 e. The number of rotatable bonds is 9. The van der Waals surface area contributed by atoms with Gasteiger partial charge in [-0.1, -0.05) is 109 Å². The predicted octanol–water partition coefficient (Wildman–Crippen LogP) is 9.69. The number of hydrogen-bond acceptors (Lipinski definition) is 0. The quantitative estimate of drug-likeness (QED) is 0.359. The van der Waals surface area contributed by atoms with Crippen molar-refractivity contribution < 1.29 is 0 Å². The molecule has 0 radical (unpaired) electrons. The van der Waals surface area contributed by atoms with E-state index >= 15 is 0 Å². The molecule has 3 aliphatic rings. The molecule has 0 heterocycles. The van der Waals surface area contributed by atoms with Crippen molar-refractivity contribution in [1.82, 2.24) is 0 Å². The fourth-order valence-electron chi connectivity index (χ4n) is 6.16. The number of fused-ring (bicyclic) bond motifs is 1. The van der Waals surface area contributed by atoms with Gasteiger partial charge >= 0.3 is 0 Å². The van der Waals surface area contributed by atoms with Crippen molar-refractivity contribution in [2.45, 2.75) is 63.7 Å². The van der Waals surface area contributed by atoms with Gasteiger partial charge in [0.05, 0.1) is 0 Å². The van der Waals surface area contributed by atoms with Crippen LogP contribution in [-0.2, 0) is 0 Å². The van der Waals surface area contributed by atoms with Crippen LogP contribution in [0.3, 0.4) is 0 Å². The summed E-state index contributed by atoms with van der Waals surface area (Å²) in [5.41, 5.74) is 8.76. The van der Waals surface area contributed by atoms with E-state index in [1.807, 2.05) is 0 Å². The van der Waals surface area contributed by atoms with Gasteiger partial charge in [-0.15, -0.1) is 0 Å². The molecule has 0 aromatic heterocycles. The molecular formula is C34H38. The second-order valence-electron chi connectivity index (χ2n) is 10.5. The molecule has 0 spiro atoms. The minimum absolute atomic E-state index is 0.578. The SMILES string of the molecule is C=C(CCC1C(CC2CCC(C/C=C/c3ccccc3)CC2)=Cc2ccccc21)C1=CC=CC1. The Morgan fingerprint density at radius 3 is 2.47 bits per heavy atom. The normalized spacial score (nSPS) is 23.7. The molecule has 2 aromatic rings. The second kappa shape index (κ2) is 11.0. The average molecular weight is 447 g/mol. The Hall–Kier alpha value is -2.86. The first-order valence-electron chi connectivity index (χ1n) is 13.3. The van der Waals surface area contributed by atoms with Crippen LogP contribution in [0.2, 0.25) is 0 Å². The van der Waals surface area contributed by atoms with E-state index in [9.17, 15) is 0 Å². The maximum Gasteiger partial charge on any atom is 0.00606 e. The van der Waals surface area contributed by atoms with Gasteiger partial charge in [0.1, 0.15) is 0 Å². The van der Waals surface area contributed by atoms with E-state index in [4.69, 9.17) is 0 Å². The van der Waals surface area contributed by atoms with Crippen LogP contribution in [0.4, 0.5) is 0 Å². The van der Waals surface area contributed by atoms with E-state index in [0.717, 1.165) is 24.7 Å². The molecule has 1 atom stereocenters. The van der Waals surface area contributed by atoms with E-state index in [2.05, 4.69) is 97.6 Å².